The van der Waals surface area contributed by atoms with E-state index in [-0.39, 0.29) is 18.0 Å². The number of aromatic nitrogens is 7. The van der Waals surface area contributed by atoms with E-state index in [0.717, 1.165) is 28.5 Å². The van der Waals surface area contributed by atoms with Crippen LogP contribution in [0.3, 0.4) is 0 Å². The highest BCUT2D eigenvalue weighted by atomic mass is 16.2. The van der Waals surface area contributed by atoms with Gasteiger partial charge in [-0.3, -0.25) is 14.2 Å². The molecule has 3 aromatic rings. The number of aryl methyl sites for hydroxylation is 3. The number of carbonyl (C=O) groups is 1. The van der Waals surface area contributed by atoms with Crippen LogP contribution in [0.2, 0.25) is 0 Å². The SMILES string of the molecule is Cc1nn(C)c(C)c1-c1cc(C(=O)NC(C)c2nncn2C(C)C)n(C)n1. The number of nitrogens with one attached hydrogen (secondary N) is 1. The normalized spacial score (nSPS) is 12.6. The molecule has 1 N–H and O–H groups in total. The van der Waals surface area contributed by atoms with E-state index in [1.165, 1.54) is 0 Å². The Morgan fingerprint density at radius 2 is 1.81 bits per heavy atom. The Balaban J connectivity index is 1.86. The molecule has 1 atom stereocenters. The largest absolute Gasteiger partial charge is 0.341 e. The average molecular weight is 370 g/mol. The molecule has 0 saturated carbocycles. The van der Waals surface area contributed by atoms with E-state index in [4.69, 9.17) is 0 Å². The molecule has 3 aromatic heterocycles. The van der Waals surface area contributed by atoms with E-state index in [0.29, 0.717) is 5.69 Å². The summed E-state index contributed by atoms with van der Waals surface area (Å²) in [6.07, 6.45) is 1.68. The van der Waals surface area contributed by atoms with Gasteiger partial charge in [-0.2, -0.15) is 10.2 Å². The molecule has 1 unspecified atom stereocenters. The van der Waals surface area contributed by atoms with E-state index in [9.17, 15) is 4.79 Å². The summed E-state index contributed by atoms with van der Waals surface area (Å²) >= 11 is 0. The van der Waals surface area contributed by atoms with Gasteiger partial charge in [-0.15, -0.1) is 10.2 Å². The average Bonchev–Trinajstić information content (AvgIpc) is 3.26. The summed E-state index contributed by atoms with van der Waals surface area (Å²) in [5.41, 5.74) is 4.08. The molecule has 3 heterocycles. The summed E-state index contributed by atoms with van der Waals surface area (Å²) in [5, 5.41) is 20.1. The minimum absolute atomic E-state index is 0.207. The van der Waals surface area contributed by atoms with Crippen molar-refractivity contribution in [2.45, 2.75) is 46.7 Å². The van der Waals surface area contributed by atoms with Crippen molar-refractivity contribution < 1.29 is 4.79 Å². The first-order valence-electron chi connectivity index (χ1n) is 8.95. The minimum atomic E-state index is -0.275. The van der Waals surface area contributed by atoms with Crippen molar-refractivity contribution in [3.05, 3.63) is 35.3 Å². The third-order valence-corrected chi connectivity index (χ3v) is 4.77. The summed E-state index contributed by atoms with van der Waals surface area (Å²) in [5.74, 6) is 0.515. The molecule has 9 heteroatoms. The maximum Gasteiger partial charge on any atom is 0.270 e. The van der Waals surface area contributed by atoms with Gasteiger partial charge in [0.2, 0.25) is 0 Å². The molecule has 0 spiro atoms. The topological polar surface area (TPSA) is 95.5 Å². The fraction of sp³-hybridized carbons (Fsp3) is 0.500. The van der Waals surface area contributed by atoms with Crippen LogP contribution in [0, 0.1) is 13.8 Å². The van der Waals surface area contributed by atoms with Crippen LogP contribution in [0.15, 0.2) is 12.4 Å². The zero-order chi connectivity index (χ0) is 19.9. The van der Waals surface area contributed by atoms with E-state index in [2.05, 4.69) is 25.7 Å². The van der Waals surface area contributed by atoms with Crippen molar-refractivity contribution >= 4 is 5.91 Å². The Labute approximate surface area is 158 Å². The van der Waals surface area contributed by atoms with Crippen molar-refractivity contribution in [1.29, 1.82) is 0 Å². The third-order valence-electron chi connectivity index (χ3n) is 4.77. The molecular weight excluding hydrogens is 344 g/mol. The summed E-state index contributed by atoms with van der Waals surface area (Å²) < 4.78 is 5.36. The molecule has 0 bridgehead atoms. The predicted octanol–water partition coefficient (Wildman–Crippen LogP) is 2.10. The van der Waals surface area contributed by atoms with Crippen LogP contribution in [0.25, 0.3) is 11.3 Å². The lowest BCUT2D eigenvalue weighted by atomic mass is 10.1. The molecule has 0 aliphatic heterocycles. The third kappa shape index (κ3) is 3.36. The zero-order valence-corrected chi connectivity index (χ0v) is 16.8. The van der Waals surface area contributed by atoms with Gasteiger partial charge in [0.1, 0.15) is 12.0 Å². The minimum Gasteiger partial charge on any atom is -0.341 e. The number of amides is 1. The molecule has 1 amide bonds. The van der Waals surface area contributed by atoms with Gasteiger partial charge in [-0.05, 0) is 40.7 Å². The lowest BCUT2D eigenvalue weighted by Gasteiger charge is -2.16. The highest BCUT2D eigenvalue weighted by Crippen LogP contribution is 2.26. The second-order valence-electron chi connectivity index (χ2n) is 7.09. The van der Waals surface area contributed by atoms with Gasteiger partial charge in [0.05, 0.1) is 17.4 Å². The monoisotopic (exact) mass is 370 g/mol. The first-order chi connectivity index (χ1) is 12.7. The van der Waals surface area contributed by atoms with Crippen LogP contribution in [-0.2, 0) is 14.1 Å². The first-order valence-corrected chi connectivity index (χ1v) is 8.95. The van der Waals surface area contributed by atoms with Gasteiger partial charge < -0.3 is 9.88 Å². The lowest BCUT2D eigenvalue weighted by Crippen LogP contribution is -2.30. The van der Waals surface area contributed by atoms with Crippen molar-refractivity contribution in [3.63, 3.8) is 0 Å². The lowest BCUT2D eigenvalue weighted by molar-refractivity contribution is 0.0927. The first kappa shape index (κ1) is 18.8. The second-order valence-corrected chi connectivity index (χ2v) is 7.09. The Morgan fingerprint density at radius 1 is 1.11 bits per heavy atom. The van der Waals surface area contributed by atoms with Crippen molar-refractivity contribution in [2.75, 3.05) is 0 Å². The number of hydrogen-bond donors (Lipinski definition) is 1. The summed E-state index contributed by atoms with van der Waals surface area (Å²) in [4.78, 5) is 12.8. The molecule has 0 aliphatic carbocycles. The van der Waals surface area contributed by atoms with Gasteiger partial charge in [-0.1, -0.05) is 0 Å². The molecule has 9 nitrogen and oxygen atoms in total. The quantitative estimate of drug-likeness (QED) is 0.742. The molecule has 0 radical (unpaired) electrons. The molecular formula is C18H26N8O. The Bertz CT molecular complexity index is 978. The van der Waals surface area contributed by atoms with E-state index >= 15 is 0 Å². The van der Waals surface area contributed by atoms with Crippen LogP contribution in [0.1, 0.15) is 60.6 Å². The fourth-order valence-electron chi connectivity index (χ4n) is 3.24. The highest BCUT2D eigenvalue weighted by Gasteiger charge is 2.22. The molecule has 27 heavy (non-hydrogen) atoms. The van der Waals surface area contributed by atoms with Crippen LogP contribution in [0.5, 0.6) is 0 Å². The number of carbonyl (C=O) groups excluding carboxylic acids is 1. The van der Waals surface area contributed by atoms with E-state index < -0.39 is 0 Å². The predicted molar refractivity (Wildman–Crippen MR) is 101 cm³/mol. The summed E-state index contributed by atoms with van der Waals surface area (Å²) in [6, 6.07) is 1.74. The van der Waals surface area contributed by atoms with Crippen LogP contribution in [0.4, 0.5) is 0 Å². The number of rotatable bonds is 5. The van der Waals surface area contributed by atoms with Gasteiger partial charge in [0.15, 0.2) is 5.82 Å². The molecule has 0 fully saturated rings. The Hall–Kier alpha value is -2.97. The van der Waals surface area contributed by atoms with Gasteiger partial charge in [0.25, 0.3) is 5.91 Å². The second kappa shape index (κ2) is 6.98. The zero-order valence-electron chi connectivity index (χ0n) is 16.8. The summed E-state index contributed by atoms with van der Waals surface area (Å²) in [7, 11) is 3.66. The maximum atomic E-state index is 12.8. The standard InChI is InChI=1S/C18H26N8O/c1-10(2)26-9-19-21-17(26)12(4)20-18(27)15-8-14(23-25(15)7)16-11(3)22-24(6)13(16)5/h8-10,12H,1-7H3,(H,20,27). The van der Waals surface area contributed by atoms with Gasteiger partial charge in [-0.25, -0.2) is 0 Å². The van der Waals surface area contributed by atoms with Crippen LogP contribution in [-0.4, -0.2) is 40.2 Å². The molecule has 3 rings (SSSR count). The number of nitrogens with zero attached hydrogens (tertiary/aromatic N) is 7. The highest BCUT2D eigenvalue weighted by molar-refractivity contribution is 5.94. The van der Waals surface area contributed by atoms with E-state index in [1.807, 2.05) is 50.9 Å². The van der Waals surface area contributed by atoms with E-state index in [1.54, 1.807) is 24.1 Å². The van der Waals surface area contributed by atoms with Crippen LogP contribution >= 0.6 is 0 Å². The smallest absolute Gasteiger partial charge is 0.270 e. The summed E-state index contributed by atoms with van der Waals surface area (Å²) in [6.45, 7) is 9.93. The molecule has 0 saturated heterocycles. The van der Waals surface area contributed by atoms with Gasteiger partial charge in [0, 0.05) is 31.4 Å². The van der Waals surface area contributed by atoms with Crippen molar-refractivity contribution in [2.24, 2.45) is 14.1 Å². The molecule has 0 aromatic carbocycles. The van der Waals surface area contributed by atoms with Gasteiger partial charge >= 0.3 is 0 Å². The fourth-order valence-corrected chi connectivity index (χ4v) is 3.24. The Morgan fingerprint density at radius 3 is 2.41 bits per heavy atom. The van der Waals surface area contributed by atoms with Crippen molar-refractivity contribution in [1.82, 2.24) is 39.6 Å². The maximum absolute atomic E-state index is 12.8. The van der Waals surface area contributed by atoms with Crippen LogP contribution < -0.4 is 5.32 Å². The Kier molecular flexibility index (Phi) is 4.86. The van der Waals surface area contributed by atoms with Crippen molar-refractivity contribution in [3.8, 4) is 11.3 Å². The molecule has 0 aliphatic rings. The molecule has 144 valence electrons. The number of hydrogen-bond acceptors (Lipinski definition) is 5.